The Balaban J connectivity index is 1.47. The topological polar surface area (TPSA) is 66.0 Å². The summed E-state index contributed by atoms with van der Waals surface area (Å²) < 4.78 is 5.85. The van der Waals surface area contributed by atoms with Gasteiger partial charge in [-0.1, -0.05) is 42.5 Å². The molecular weight excluding hydrogens is 376 g/mol. The lowest BCUT2D eigenvalue weighted by molar-refractivity contribution is -0.121. The van der Waals surface area contributed by atoms with E-state index in [1.54, 1.807) is 7.05 Å². The highest BCUT2D eigenvalue weighted by Crippen LogP contribution is 2.20. The van der Waals surface area contributed by atoms with Crippen molar-refractivity contribution in [3.63, 3.8) is 0 Å². The number of amides is 1. The van der Waals surface area contributed by atoms with Gasteiger partial charge in [-0.3, -0.25) is 9.79 Å². The van der Waals surface area contributed by atoms with E-state index in [1.165, 1.54) is 5.56 Å². The molecule has 3 rings (SSSR count). The van der Waals surface area contributed by atoms with E-state index in [-0.39, 0.29) is 5.91 Å². The summed E-state index contributed by atoms with van der Waals surface area (Å²) in [5, 5.41) is 6.20. The smallest absolute Gasteiger partial charge is 0.220 e. The standard InChI is InChI=1S/C24H32N4O2/c1-25-23(29)16-19-11-13-28(14-12-19)24(26-2)27-17-20-7-6-8-21(15-20)18-30-22-9-4-3-5-10-22/h3-10,15,19H,11-14,16-18H2,1-2H3,(H,25,29)(H,26,27). The number of guanidine groups is 1. The number of hydrogen-bond donors (Lipinski definition) is 2. The maximum absolute atomic E-state index is 11.6. The predicted molar refractivity (Wildman–Crippen MR) is 120 cm³/mol. The molecule has 6 nitrogen and oxygen atoms in total. The normalized spacial score (nSPS) is 15.0. The van der Waals surface area contributed by atoms with Crippen LogP contribution in [0.1, 0.15) is 30.4 Å². The van der Waals surface area contributed by atoms with Crippen LogP contribution in [-0.2, 0) is 17.9 Å². The summed E-state index contributed by atoms with van der Waals surface area (Å²) in [5.74, 6) is 2.38. The highest BCUT2D eigenvalue weighted by Gasteiger charge is 2.23. The van der Waals surface area contributed by atoms with Gasteiger partial charge in [0.25, 0.3) is 0 Å². The number of likely N-dealkylation sites (tertiary alicyclic amines) is 1. The van der Waals surface area contributed by atoms with Crippen LogP contribution in [0.25, 0.3) is 0 Å². The Morgan fingerprint density at radius 1 is 1.10 bits per heavy atom. The van der Waals surface area contributed by atoms with Crippen molar-refractivity contribution in [2.75, 3.05) is 27.2 Å². The van der Waals surface area contributed by atoms with E-state index in [1.807, 2.05) is 37.4 Å². The number of ether oxygens (including phenoxy) is 1. The van der Waals surface area contributed by atoms with Crippen LogP contribution in [-0.4, -0.2) is 44.0 Å². The van der Waals surface area contributed by atoms with E-state index in [9.17, 15) is 4.79 Å². The summed E-state index contributed by atoms with van der Waals surface area (Å²) in [6.45, 7) is 3.11. The molecule has 0 saturated carbocycles. The van der Waals surface area contributed by atoms with E-state index in [2.05, 4.69) is 44.8 Å². The van der Waals surface area contributed by atoms with Gasteiger partial charge in [-0.25, -0.2) is 0 Å². The quantitative estimate of drug-likeness (QED) is 0.546. The molecule has 0 spiro atoms. The van der Waals surface area contributed by atoms with Gasteiger partial charge in [0, 0.05) is 40.2 Å². The van der Waals surface area contributed by atoms with Crippen molar-refractivity contribution >= 4 is 11.9 Å². The Kier molecular flexibility index (Phi) is 8.12. The molecule has 6 heteroatoms. The van der Waals surface area contributed by atoms with E-state index in [0.29, 0.717) is 25.5 Å². The molecule has 2 aromatic carbocycles. The van der Waals surface area contributed by atoms with E-state index in [0.717, 1.165) is 43.2 Å². The third-order valence-electron chi connectivity index (χ3n) is 5.47. The Hall–Kier alpha value is -3.02. The van der Waals surface area contributed by atoms with Gasteiger partial charge >= 0.3 is 0 Å². The zero-order valence-electron chi connectivity index (χ0n) is 17.9. The summed E-state index contributed by atoms with van der Waals surface area (Å²) in [6.07, 6.45) is 2.65. The molecule has 0 atom stereocenters. The lowest BCUT2D eigenvalue weighted by atomic mass is 9.93. The number of nitrogens with zero attached hydrogens (tertiary/aromatic N) is 2. The molecule has 0 radical (unpaired) electrons. The number of carbonyl (C=O) groups is 1. The summed E-state index contributed by atoms with van der Waals surface area (Å²) in [4.78, 5) is 18.3. The zero-order valence-corrected chi connectivity index (χ0v) is 17.9. The molecule has 2 N–H and O–H groups in total. The van der Waals surface area contributed by atoms with Gasteiger partial charge in [-0.05, 0) is 42.0 Å². The fourth-order valence-electron chi connectivity index (χ4n) is 3.74. The second-order valence-corrected chi connectivity index (χ2v) is 7.63. The van der Waals surface area contributed by atoms with Crippen molar-refractivity contribution in [2.45, 2.75) is 32.4 Å². The number of para-hydroxylation sites is 1. The molecule has 0 unspecified atom stereocenters. The summed E-state index contributed by atoms with van der Waals surface area (Å²) in [5.41, 5.74) is 2.34. The minimum absolute atomic E-state index is 0.132. The molecule has 0 bridgehead atoms. The SMILES string of the molecule is CN=C(NCc1cccc(COc2ccccc2)c1)N1CCC(CC(=O)NC)CC1. The predicted octanol–water partition coefficient (Wildman–Crippen LogP) is 3.19. The second-order valence-electron chi connectivity index (χ2n) is 7.63. The lowest BCUT2D eigenvalue weighted by Crippen LogP contribution is -2.45. The van der Waals surface area contributed by atoms with Crippen molar-refractivity contribution < 1.29 is 9.53 Å². The van der Waals surface area contributed by atoms with Crippen LogP contribution in [0.2, 0.25) is 0 Å². The third-order valence-corrected chi connectivity index (χ3v) is 5.47. The molecule has 160 valence electrons. The molecule has 1 amide bonds. The molecule has 1 saturated heterocycles. The first-order valence-corrected chi connectivity index (χ1v) is 10.6. The number of aliphatic imine (C=N–C) groups is 1. The van der Waals surface area contributed by atoms with Gasteiger partial charge in [0.15, 0.2) is 5.96 Å². The Morgan fingerprint density at radius 3 is 2.53 bits per heavy atom. The minimum Gasteiger partial charge on any atom is -0.489 e. The highest BCUT2D eigenvalue weighted by atomic mass is 16.5. The number of carbonyl (C=O) groups excluding carboxylic acids is 1. The monoisotopic (exact) mass is 408 g/mol. The second kappa shape index (κ2) is 11.2. The maximum atomic E-state index is 11.6. The lowest BCUT2D eigenvalue weighted by Gasteiger charge is -2.34. The molecule has 30 heavy (non-hydrogen) atoms. The molecule has 1 fully saturated rings. The van der Waals surface area contributed by atoms with Crippen LogP contribution in [0.15, 0.2) is 59.6 Å². The van der Waals surface area contributed by atoms with Crippen LogP contribution in [0.3, 0.4) is 0 Å². The molecule has 0 aliphatic carbocycles. The fourth-order valence-corrected chi connectivity index (χ4v) is 3.74. The number of piperidine rings is 1. The number of nitrogens with one attached hydrogen (secondary N) is 2. The summed E-state index contributed by atoms with van der Waals surface area (Å²) in [6, 6.07) is 18.3. The average Bonchev–Trinajstić information content (AvgIpc) is 2.80. The van der Waals surface area contributed by atoms with E-state index >= 15 is 0 Å². The van der Waals surface area contributed by atoms with Gasteiger partial charge in [0.2, 0.25) is 5.91 Å². The Bertz CT molecular complexity index is 830. The van der Waals surface area contributed by atoms with Crippen molar-refractivity contribution in [1.29, 1.82) is 0 Å². The largest absolute Gasteiger partial charge is 0.489 e. The number of rotatable bonds is 7. The molecule has 0 aromatic heterocycles. The first kappa shape index (κ1) is 21.7. The molecule has 1 aliphatic heterocycles. The molecule has 2 aromatic rings. The van der Waals surface area contributed by atoms with Gasteiger partial charge in [-0.2, -0.15) is 0 Å². The van der Waals surface area contributed by atoms with Crippen LogP contribution in [0.5, 0.6) is 5.75 Å². The highest BCUT2D eigenvalue weighted by molar-refractivity contribution is 5.80. The van der Waals surface area contributed by atoms with Crippen LogP contribution < -0.4 is 15.4 Å². The van der Waals surface area contributed by atoms with Crippen molar-refractivity contribution in [3.05, 3.63) is 65.7 Å². The summed E-state index contributed by atoms with van der Waals surface area (Å²) >= 11 is 0. The van der Waals surface area contributed by atoms with Gasteiger partial charge in [-0.15, -0.1) is 0 Å². The fraction of sp³-hybridized carbons (Fsp3) is 0.417. The Labute approximate surface area is 179 Å². The van der Waals surface area contributed by atoms with Crippen molar-refractivity contribution in [1.82, 2.24) is 15.5 Å². The van der Waals surface area contributed by atoms with E-state index < -0.39 is 0 Å². The Morgan fingerprint density at radius 2 is 1.83 bits per heavy atom. The maximum Gasteiger partial charge on any atom is 0.220 e. The first-order chi connectivity index (χ1) is 14.7. The minimum atomic E-state index is 0.132. The van der Waals surface area contributed by atoms with Gasteiger partial charge < -0.3 is 20.3 Å². The van der Waals surface area contributed by atoms with Crippen LogP contribution in [0.4, 0.5) is 0 Å². The van der Waals surface area contributed by atoms with Crippen LogP contribution in [0, 0.1) is 5.92 Å². The van der Waals surface area contributed by atoms with Crippen molar-refractivity contribution in [3.8, 4) is 5.75 Å². The van der Waals surface area contributed by atoms with Crippen molar-refractivity contribution in [2.24, 2.45) is 10.9 Å². The number of hydrogen-bond acceptors (Lipinski definition) is 3. The molecule has 1 aliphatic rings. The van der Waals surface area contributed by atoms with Crippen LogP contribution >= 0.6 is 0 Å². The van der Waals surface area contributed by atoms with E-state index in [4.69, 9.17) is 4.74 Å². The van der Waals surface area contributed by atoms with Gasteiger partial charge in [0.05, 0.1) is 0 Å². The third kappa shape index (κ3) is 6.51. The van der Waals surface area contributed by atoms with Gasteiger partial charge in [0.1, 0.15) is 12.4 Å². The molecule has 1 heterocycles. The zero-order chi connectivity index (χ0) is 21.2. The molecular formula is C24H32N4O2. The number of benzene rings is 2. The summed E-state index contributed by atoms with van der Waals surface area (Å²) in [7, 11) is 3.52. The average molecular weight is 409 g/mol. The first-order valence-electron chi connectivity index (χ1n) is 10.6.